The molecule has 0 spiro atoms. The van der Waals surface area contributed by atoms with Crippen molar-refractivity contribution in [2.24, 2.45) is 0 Å². The Morgan fingerprint density at radius 3 is 2.56 bits per heavy atom. The number of hydrogen-bond donors (Lipinski definition) is 2. The van der Waals surface area contributed by atoms with Crippen molar-refractivity contribution in [1.82, 2.24) is 14.3 Å². The predicted molar refractivity (Wildman–Crippen MR) is 139 cm³/mol. The van der Waals surface area contributed by atoms with Gasteiger partial charge in [0.15, 0.2) is 14.7 Å². The number of benzene rings is 1. The van der Waals surface area contributed by atoms with E-state index >= 15 is 0 Å². The lowest BCUT2D eigenvalue weighted by atomic mass is 10.1. The summed E-state index contributed by atoms with van der Waals surface area (Å²) < 4.78 is 10.2. The maximum Gasteiger partial charge on any atom is 0.412 e. The summed E-state index contributed by atoms with van der Waals surface area (Å²) in [4.78, 5) is 35.4. The zero-order valence-corrected chi connectivity index (χ0v) is 21.6. The lowest BCUT2D eigenvalue weighted by Crippen LogP contribution is -2.18. The molecule has 3 heterocycles. The van der Waals surface area contributed by atoms with Crippen LogP contribution < -0.4 is 5.32 Å². The van der Waals surface area contributed by atoms with Gasteiger partial charge >= 0.3 is 12.1 Å². The fraction of sp³-hybridized carbons (Fsp3) is 0.320. The van der Waals surface area contributed by atoms with E-state index in [4.69, 9.17) is 4.74 Å². The van der Waals surface area contributed by atoms with E-state index in [0.29, 0.717) is 49.0 Å². The third-order valence-electron chi connectivity index (χ3n) is 6.29. The van der Waals surface area contributed by atoms with Gasteiger partial charge in [-0.25, -0.2) is 14.8 Å². The third kappa shape index (κ3) is 4.36. The number of carboxylic acids is 1. The molecule has 1 atom stereocenters. The van der Waals surface area contributed by atoms with Gasteiger partial charge in [0.25, 0.3) is 0 Å². The molecule has 36 heavy (non-hydrogen) atoms. The molecule has 0 radical (unpaired) electrons. The minimum Gasteiger partial charge on any atom is -0.481 e. The Kier molecular flexibility index (Phi) is 5.75. The van der Waals surface area contributed by atoms with E-state index in [0.717, 1.165) is 24.1 Å². The molecule has 1 aromatic carbocycles. The smallest absolute Gasteiger partial charge is 0.412 e. The van der Waals surface area contributed by atoms with E-state index in [-0.39, 0.29) is 0 Å². The Balaban J connectivity index is 1.21. The average Bonchev–Trinajstić information content (AvgIpc) is 3.76. The summed E-state index contributed by atoms with van der Waals surface area (Å²) in [5.41, 5.74) is 1.54. The fourth-order valence-corrected chi connectivity index (χ4v) is 6.79. The first-order chi connectivity index (χ1) is 17.4. The minimum absolute atomic E-state index is 0.329. The van der Waals surface area contributed by atoms with Crippen LogP contribution >= 0.6 is 34.2 Å². The van der Waals surface area contributed by atoms with Crippen molar-refractivity contribution < 1.29 is 19.4 Å². The normalized spacial score (nSPS) is 16.7. The highest BCUT2D eigenvalue weighted by Gasteiger charge is 2.54. The van der Waals surface area contributed by atoms with Gasteiger partial charge in [-0.05, 0) is 61.5 Å². The molecule has 6 rings (SSSR count). The Bertz CT molecular complexity index is 1510. The first-order valence-corrected chi connectivity index (χ1v) is 13.9. The van der Waals surface area contributed by atoms with E-state index in [2.05, 4.69) is 31.5 Å². The third-order valence-corrected chi connectivity index (χ3v) is 9.21. The van der Waals surface area contributed by atoms with Crippen molar-refractivity contribution in [3.63, 3.8) is 0 Å². The van der Waals surface area contributed by atoms with Crippen LogP contribution in [0.15, 0.2) is 30.3 Å². The van der Waals surface area contributed by atoms with Crippen LogP contribution in [0.1, 0.15) is 70.8 Å². The standard InChI is InChI=1S/C25H20N4O4S3/c1-13(14-5-3-2-4-6-14)33-24(32)27-19-16(36-29-18(19)15-7-8-15)9-10-17-26-20-21(34-17)28-22(35-20)25(11-12-25)23(30)31/h2-6,13,15H,7-8,11-12H2,1H3,(H,27,32)(H,30,31). The van der Waals surface area contributed by atoms with Crippen LogP contribution in [0.2, 0.25) is 0 Å². The molecular formula is C25H20N4O4S3. The molecule has 2 N–H and O–H groups in total. The number of ether oxygens (including phenoxy) is 1. The number of aliphatic carboxylic acids is 1. The summed E-state index contributed by atoms with van der Waals surface area (Å²) >= 11 is 3.92. The van der Waals surface area contributed by atoms with Gasteiger partial charge in [0.05, 0.1) is 11.4 Å². The topological polar surface area (TPSA) is 114 Å². The largest absolute Gasteiger partial charge is 0.481 e. The lowest BCUT2D eigenvalue weighted by molar-refractivity contribution is -0.140. The molecule has 2 fully saturated rings. The quantitative estimate of drug-likeness (QED) is 0.294. The maximum atomic E-state index is 12.7. The summed E-state index contributed by atoms with van der Waals surface area (Å²) in [7, 11) is 0. The molecule has 182 valence electrons. The zero-order valence-electron chi connectivity index (χ0n) is 19.1. The molecule has 8 nitrogen and oxygen atoms in total. The van der Waals surface area contributed by atoms with Crippen LogP contribution in [0.3, 0.4) is 0 Å². The minimum atomic E-state index is -0.827. The van der Waals surface area contributed by atoms with E-state index in [1.807, 2.05) is 37.3 Å². The monoisotopic (exact) mass is 536 g/mol. The number of anilines is 1. The second kappa shape index (κ2) is 8.96. The van der Waals surface area contributed by atoms with Crippen LogP contribution in [-0.4, -0.2) is 31.5 Å². The summed E-state index contributed by atoms with van der Waals surface area (Å²) in [6, 6.07) is 9.56. The Labute approximate surface area is 218 Å². The lowest BCUT2D eigenvalue weighted by Gasteiger charge is -2.14. The summed E-state index contributed by atoms with van der Waals surface area (Å²) in [6.45, 7) is 1.83. The number of aromatic nitrogens is 3. The molecule has 0 saturated heterocycles. The van der Waals surface area contributed by atoms with Gasteiger partial charge in [0.1, 0.15) is 21.4 Å². The van der Waals surface area contributed by atoms with Gasteiger partial charge < -0.3 is 9.84 Å². The number of rotatable bonds is 6. The molecule has 2 aliphatic carbocycles. The number of carbonyl (C=O) groups is 2. The fourth-order valence-electron chi connectivity index (χ4n) is 3.88. The summed E-state index contributed by atoms with van der Waals surface area (Å²) in [6.07, 6.45) is 2.37. The van der Waals surface area contributed by atoms with E-state index in [9.17, 15) is 14.7 Å². The number of nitrogens with zero attached hydrogens (tertiary/aromatic N) is 3. The molecule has 0 bridgehead atoms. The van der Waals surface area contributed by atoms with E-state index in [1.54, 1.807) is 0 Å². The number of hydrogen-bond acceptors (Lipinski definition) is 9. The molecule has 4 aromatic rings. The molecule has 11 heteroatoms. The average molecular weight is 537 g/mol. The van der Waals surface area contributed by atoms with Gasteiger partial charge in [-0.2, -0.15) is 4.37 Å². The zero-order chi connectivity index (χ0) is 24.9. The van der Waals surface area contributed by atoms with Crippen molar-refractivity contribution in [2.45, 2.75) is 50.0 Å². The van der Waals surface area contributed by atoms with Gasteiger partial charge in [-0.1, -0.05) is 53.0 Å². The number of fused-ring (bicyclic) bond motifs is 1. The maximum absolute atomic E-state index is 12.7. The number of carbonyl (C=O) groups excluding carboxylic acids is 1. The van der Waals surface area contributed by atoms with Crippen LogP contribution in [0, 0.1) is 11.8 Å². The van der Waals surface area contributed by atoms with Crippen LogP contribution in [-0.2, 0) is 14.9 Å². The predicted octanol–water partition coefficient (Wildman–Crippen LogP) is 5.91. The molecule has 3 aromatic heterocycles. The highest BCUT2D eigenvalue weighted by molar-refractivity contribution is 7.26. The second-order valence-corrected chi connectivity index (χ2v) is 11.6. The Morgan fingerprint density at radius 2 is 1.89 bits per heavy atom. The molecule has 2 saturated carbocycles. The molecular weight excluding hydrogens is 517 g/mol. The number of carboxylic acid groups (broad SMARTS) is 1. The van der Waals surface area contributed by atoms with E-state index in [1.165, 1.54) is 34.2 Å². The Morgan fingerprint density at radius 1 is 1.14 bits per heavy atom. The van der Waals surface area contributed by atoms with Crippen molar-refractivity contribution >= 4 is 61.6 Å². The number of nitrogens with one attached hydrogen (secondary N) is 1. The van der Waals surface area contributed by atoms with Gasteiger partial charge in [0, 0.05) is 5.92 Å². The van der Waals surface area contributed by atoms with Crippen molar-refractivity contribution in [1.29, 1.82) is 0 Å². The number of amides is 1. The highest BCUT2D eigenvalue weighted by atomic mass is 32.1. The van der Waals surface area contributed by atoms with Crippen molar-refractivity contribution in [3.05, 3.63) is 56.5 Å². The van der Waals surface area contributed by atoms with Crippen LogP contribution in [0.4, 0.5) is 10.5 Å². The van der Waals surface area contributed by atoms with Crippen LogP contribution in [0.5, 0.6) is 0 Å². The van der Waals surface area contributed by atoms with Gasteiger partial charge in [0.2, 0.25) is 0 Å². The van der Waals surface area contributed by atoms with Crippen LogP contribution in [0.25, 0.3) is 9.66 Å². The van der Waals surface area contributed by atoms with Crippen molar-refractivity contribution in [3.8, 4) is 11.8 Å². The molecule has 0 aliphatic heterocycles. The molecule has 1 unspecified atom stereocenters. The molecule has 1 amide bonds. The van der Waals surface area contributed by atoms with Gasteiger partial charge in [-0.3, -0.25) is 10.1 Å². The first-order valence-electron chi connectivity index (χ1n) is 11.5. The second-order valence-electron chi connectivity index (χ2n) is 8.92. The van der Waals surface area contributed by atoms with Gasteiger partial charge in [-0.15, -0.1) is 0 Å². The SMILES string of the molecule is CC(OC(=O)Nc1c(C2CC2)nsc1C#Cc1nc2sc(C3(C(=O)O)CC3)nc2s1)c1ccccc1. The van der Waals surface area contributed by atoms with Crippen molar-refractivity contribution in [2.75, 3.05) is 5.32 Å². The highest BCUT2D eigenvalue weighted by Crippen LogP contribution is 2.51. The van der Waals surface area contributed by atoms with E-state index < -0.39 is 23.6 Å². The molecule has 2 aliphatic rings. The summed E-state index contributed by atoms with van der Waals surface area (Å²) in [5.74, 6) is 5.69. The summed E-state index contributed by atoms with van der Waals surface area (Å²) in [5, 5.41) is 13.6. The Hall–Kier alpha value is -3.33. The number of thiazole rings is 2. The first kappa shape index (κ1) is 23.1.